The Hall–Kier alpha value is -2.39. The van der Waals surface area contributed by atoms with Crippen LogP contribution in [0, 0.1) is 5.82 Å². The third-order valence-electron chi connectivity index (χ3n) is 3.66. The van der Waals surface area contributed by atoms with E-state index in [0.717, 1.165) is 25.0 Å². The summed E-state index contributed by atoms with van der Waals surface area (Å²) in [6.45, 7) is 0. The second-order valence-electron chi connectivity index (χ2n) is 5.44. The average Bonchev–Trinajstić information content (AvgIpc) is 3.24. The van der Waals surface area contributed by atoms with E-state index < -0.39 is 34.3 Å². The zero-order valence-corrected chi connectivity index (χ0v) is 13.0. The van der Waals surface area contributed by atoms with E-state index >= 15 is 0 Å². The van der Waals surface area contributed by atoms with Crippen LogP contribution >= 0.6 is 0 Å². The van der Waals surface area contributed by atoms with Gasteiger partial charge in [0.25, 0.3) is 0 Å². The quantitative estimate of drug-likeness (QED) is 0.623. The summed E-state index contributed by atoms with van der Waals surface area (Å²) < 4.78 is 40.5. The molecule has 1 aliphatic rings. The van der Waals surface area contributed by atoms with Crippen molar-refractivity contribution in [1.29, 1.82) is 0 Å². The van der Waals surface area contributed by atoms with E-state index in [-0.39, 0.29) is 34.1 Å². The molecular weight excluding hydrogens is 341 g/mol. The van der Waals surface area contributed by atoms with Crippen LogP contribution in [0.3, 0.4) is 0 Å². The molecule has 0 bridgehead atoms. The van der Waals surface area contributed by atoms with Crippen molar-refractivity contribution in [3.05, 3.63) is 52.2 Å². The minimum atomic E-state index is -2.39. The monoisotopic (exact) mass is 352 g/mol. The standard InChI is InChI=1S/C15H12FNO6S/c16-10-5-7(6-24(21)22)1-4-9(10)13(18)11-12(15(19)20)17-23-14(11)8-2-3-8/h1,4-5,8H,2-3,6H2,(H,19,20)(H,21,22)/p-1. The van der Waals surface area contributed by atoms with E-state index in [1.165, 1.54) is 6.07 Å². The van der Waals surface area contributed by atoms with Crippen molar-refractivity contribution in [1.82, 2.24) is 5.16 Å². The molecular formula is C15H11FNO6S-. The molecule has 9 heteroatoms. The van der Waals surface area contributed by atoms with Gasteiger partial charge in [0, 0.05) is 11.7 Å². The molecule has 24 heavy (non-hydrogen) atoms. The summed E-state index contributed by atoms with van der Waals surface area (Å²) in [4.78, 5) is 23.9. The predicted octanol–water partition coefficient (Wildman–Crippen LogP) is 2.00. The van der Waals surface area contributed by atoms with E-state index in [2.05, 4.69) is 5.16 Å². The highest BCUT2D eigenvalue weighted by atomic mass is 32.2. The third-order valence-corrected chi connectivity index (χ3v) is 4.23. The fraction of sp³-hybridized carbons (Fsp3) is 0.267. The number of carbonyl (C=O) groups is 2. The number of aromatic carboxylic acids is 1. The van der Waals surface area contributed by atoms with Crippen molar-refractivity contribution in [3.63, 3.8) is 0 Å². The Morgan fingerprint density at radius 3 is 2.67 bits per heavy atom. The first-order valence-corrected chi connectivity index (χ1v) is 8.24. The highest BCUT2D eigenvalue weighted by Gasteiger charge is 2.37. The molecule has 2 aromatic rings. The number of nitrogens with zero attached hydrogens (tertiary/aromatic N) is 1. The second-order valence-corrected chi connectivity index (χ2v) is 6.34. The number of carbonyl (C=O) groups excluding carboxylic acids is 1. The average molecular weight is 352 g/mol. The molecule has 0 amide bonds. The van der Waals surface area contributed by atoms with Crippen LogP contribution in [0.2, 0.25) is 0 Å². The Kier molecular flexibility index (Phi) is 4.29. The molecule has 1 aromatic heterocycles. The maximum Gasteiger partial charge on any atom is 0.358 e. The molecule has 0 radical (unpaired) electrons. The maximum absolute atomic E-state index is 14.2. The van der Waals surface area contributed by atoms with Crippen molar-refractivity contribution < 1.29 is 32.4 Å². The lowest BCUT2D eigenvalue weighted by atomic mass is 9.98. The van der Waals surface area contributed by atoms with E-state index in [4.69, 9.17) is 9.63 Å². The minimum absolute atomic E-state index is 0.0882. The lowest BCUT2D eigenvalue weighted by Gasteiger charge is -2.08. The van der Waals surface area contributed by atoms with Crippen LogP contribution in [-0.4, -0.2) is 30.8 Å². The molecule has 0 aliphatic heterocycles. The largest absolute Gasteiger partial charge is 0.772 e. The van der Waals surface area contributed by atoms with Gasteiger partial charge in [-0.15, -0.1) is 0 Å². The van der Waals surface area contributed by atoms with Gasteiger partial charge in [0.15, 0.2) is 5.76 Å². The van der Waals surface area contributed by atoms with Crippen LogP contribution < -0.4 is 0 Å². The Bertz CT molecular complexity index is 858. The Morgan fingerprint density at radius 2 is 2.12 bits per heavy atom. The van der Waals surface area contributed by atoms with Crippen LogP contribution in [0.4, 0.5) is 4.39 Å². The number of ketones is 1. The number of hydrogen-bond acceptors (Lipinski definition) is 6. The molecule has 1 N–H and O–H groups in total. The number of carboxylic acids is 1. The molecule has 1 fully saturated rings. The predicted molar refractivity (Wildman–Crippen MR) is 77.9 cm³/mol. The van der Waals surface area contributed by atoms with E-state index in [1.807, 2.05) is 0 Å². The van der Waals surface area contributed by atoms with Gasteiger partial charge in [-0.2, -0.15) is 0 Å². The Balaban J connectivity index is 2.02. The first-order valence-electron chi connectivity index (χ1n) is 7.00. The summed E-state index contributed by atoms with van der Waals surface area (Å²) in [6, 6.07) is 3.37. The maximum atomic E-state index is 14.2. The van der Waals surface area contributed by atoms with Crippen molar-refractivity contribution in [2.75, 3.05) is 0 Å². The number of rotatable bonds is 6. The third kappa shape index (κ3) is 3.13. The van der Waals surface area contributed by atoms with Gasteiger partial charge in [-0.1, -0.05) is 22.3 Å². The van der Waals surface area contributed by atoms with Crippen molar-refractivity contribution in [2.24, 2.45) is 0 Å². The zero-order valence-electron chi connectivity index (χ0n) is 12.2. The molecule has 0 saturated heterocycles. The smallest absolute Gasteiger partial charge is 0.358 e. The van der Waals surface area contributed by atoms with Crippen LogP contribution in [0.5, 0.6) is 0 Å². The fourth-order valence-electron chi connectivity index (χ4n) is 2.40. The lowest BCUT2D eigenvalue weighted by molar-refractivity contribution is 0.0682. The topological polar surface area (TPSA) is 121 Å². The number of hydrogen-bond donors (Lipinski definition) is 1. The van der Waals surface area contributed by atoms with Crippen LogP contribution in [-0.2, 0) is 16.8 Å². The summed E-state index contributed by atoms with van der Waals surface area (Å²) in [5.41, 5.74) is -0.971. The van der Waals surface area contributed by atoms with Crippen molar-refractivity contribution >= 4 is 22.8 Å². The van der Waals surface area contributed by atoms with E-state index in [1.54, 1.807) is 0 Å². The molecule has 1 aliphatic carbocycles. The molecule has 1 heterocycles. The summed E-state index contributed by atoms with van der Waals surface area (Å²) in [5, 5.41) is 12.6. The van der Waals surface area contributed by atoms with Gasteiger partial charge in [0.1, 0.15) is 11.4 Å². The van der Waals surface area contributed by atoms with Crippen LogP contribution in [0.1, 0.15) is 56.5 Å². The van der Waals surface area contributed by atoms with Gasteiger partial charge >= 0.3 is 5.97 Å². The van der Waals surface area contributed by atoms with Gasteiger partial charge in [-0.05, 0) is 30.5 Å². The summed E-state index contributed by atoms with van der Waals surface area (Å²) in [6.07, 6.45) is 1.48. The van der Waals surface area contributed by atoms with Gasteiger partial charge in [0.2, 0.25) is 11.5 Å². The molecule has 1 saturated carbocycles. The molecule has 1 unspecified atom stereocenters. The number of benzene rings is 1. The normalized spacial score (nSPS) is 15.2. The highest BCUT2D eigenvalue weighted by molar-refractivity contribution is 7.78. The molecule has 7 nitrogen and oxygen atoms in total. The Morgan fingerprint density at radius 1 is 1.42 bits per heavy atom. The summed E-state index contributed by atoms with van der Waals surface area (Å²) >= 11 is -2.39. The van der Waals surface area contributed by atoms with Gasteiger partial charge < -0.3 is 14.2 Å². The van der Waals surface area contributed by atoms with E-state index in [0.29, 0.717) is 0 Å². The molecule has 0 spiro atoms. The van der Waals surface area contributed by atoms with Crippen LogP contribution in [0.15, 0.2) is 22.7 Å². The SMILES string of the molecule is O=C(O)c1noc(C2CC2)c1C(=O)c1ccc(CS(=O)[O-])cc1F. The summed E-state index contributed by atoms with van der Waals surface area (Å²) in [7, 11) is 0. The molecule has 1 aromatic carbocycles. The van der Waals surface area contributed by atoms with Crippen molar-refractivity contribution in [3.8, 4) is 0 Å². The first kappa shape index (κ1) is 16.5. The summed E-state index contributed by atoms with van der Waals surface area (Å²) in [5.74, 6) is -3.53. The van der Waals surface area contributed by atoms with Gasteiger partial charge in [0.05, 0.1) is 5.56 Å². The number of halogens is 1. The van der Waals surface area contributed by atoms with Crippen molar-refractivity contribution in [2.45, 2.75) is 24.5 Å². The van der Waals surface area contributed by atoms with E-state index in [9.17, 15) is 22.7 Å². The fourth-order valence-corrected chi connectivity index (χ4v) is 2.85. The molecule has 3 rings (SSSR count). The van der Waals surface area contributed by atoms with Gasteiger partial charge in [-0.3, -0.25) is 9.00 Å². The minimum Gasteiger partial charge on any atom is -0.772 e. The van der Waals surface area contributed by atoms with Crippen LogP contribution in [0.25, 0.3) is 0 Å². The van der Waals surface area contributed by atoms with Gasteiger partial charge in [-0.25, -0.2) is 9.18 Å². The Labute approximate surface area is 137 Å². The lowest BCUT2D eigenvalue weighted by Crippen LogP contribution is -2.12. The highest BCUT2D eigenvalue weighted by Crippen LogP contribution is 2.43. The second kappa shape index (κ2) is 6.25. The molecule has 126 valence electrons. The number of aromatic nitrogens is 1. The zero-order chi connectivity index (χ0) is 17.4. The first-order chi connectivity index (χ1) is 11.4. The number of carboxylic acid groups (broad SMARTS) is 1. The molecule has 1 atom stereocenters.